The van der Waals surface area contributed by atoms with Gasteiger partial charge in [0.1, 0.15) is 11.6 Å². The minimum atomic E-state index is -0.210. The maximum Gasteiger partial charge on any atom is 0.140 e. The number of hydrogen-bond acceptors (Lipinski definition) is 7. The molecule has 0 spiro atoms. The van der Waals surface area contributed by atoms with Crippen molar-refractivity contribution in [3.05, 3.63) is 124 Å². The quantitative estimate of drug-likeness (QED) is 0.262. The second kappa shape index (κ2) is 12.0. The number of aromatic nitrogens is 2. The van der Waals surface area contributed by atoms with Crippen LogP contribution >= 0.6 is 11.8 Å². The summed E-state index contributed by atoms with van der Waals surface area (Å²) < 4.78 is 13.8. The molecular weight excluding hydrogens is 628 g/mol. The molecule has 250 valence electrons. The molecule has 6 nitrogen and oxygen atoms in total. The summed E-state index contributed by atoms with van der Waals surface area (Å²) >= 11 is 1.94. The van der Waals surface area contributed by atoms with Crippen LogP contribution in [0.5, 0.6) is 0 Å². The first kappa shape index (κ1) is 30.9. The average molecular weight is 671 g/mol. The molecule has 2 aliphatic carbocycles. The lowest BCUT2D eigenvalue weighted by Gasteiger charge is -2.25. The lowest BCUT2D eigenvalue weighted by Crippen LogP contribution is -2.21. The highest BCUT2D eigenvalue weighted by atomic mass is 32.2. The smallest absolute Gasteiger partial charge is 0.140 e. The molecule has 2 N–H and O–H groups in total. The van der Waals surface area contributed by atoms with E-state index in [9.17, 15) is 4.39 Å². The molecule has 8 heteroatoms. The Labute approximate surface area is 292 Å². The zero-order valence-electron chi connectivity index (χ0n) is 28.4. The molecular formula is C41H43FN6S. The van der Waals surface area contributed by atoms with E-state index in [-0.39, 0.29) is 23.2 Å². The predicted octanol–water partition coefficient (Wildman–Crippen LogP) is 8.84. The number of hydrazone groups is 1. The largest absolute Gasteiger partial charge is 0.363 e. The van der Waals surface area contributed by atoms with E-state index in [4.69, 9.17) is 21.6 Å². The number of pyridine rings is 2. The van der Waals surface area contributed by atoms with Gasteiger partial charge in [-0.25, -0.2) is 9.37 Å². The van der Waals surface area contributed by atoms with Crippen molar-refractivity contribution >= 4 is 29.0 Å². The number of rotatable bonds is 7. The number of nitrogens with one attached hydrogen (secondary N) is 2. The fourth-order valence-corrected chi connectivity index (χ4v) is 10.5. The summed E-state index contributed by atoms with van der Waals surface area (Å²) in [5.41, 5.74) is 17.6. The average Bonchev–Trinajstić information content (AvgIpc) is 3.94. The second-order valence-corrected chi connectivity index (χ2v) is 15.9. The summed E-state index contributed by atoms with van der Waals surface area (Å²) in [6, 6.07) is 9.64. The highest BCUT2D eigenvalue weighted by molar-refractivity contribution is 8.00. The fourth-order valence-electron chi connectivity index (χ4n) is 9.07. The van der Waals surface area contributed by atoms with Crippen LogP contribution in [0.1, 0.15) is 96.4 Å². The van der Waals surface area contributed by atoms with Gasteiger partial charge in [0.15, 0.2) is 0 Å². The van der Waals surface area contributed by atoms with Crippen molar-refractivity contribution in [3.63, 3.8) is 0 Å². The van der Waals surface area contributed by atoms with Crippen LogP contribution in [0.15, 0.2) is 88.7 Å². The van der Waals surface area contributed by atoms with Gasteiger partial charge in [-0.2, -0.15) is 5.10 Å². The van der Waals surface area contributed by atoms with Crippen molar-refractivity contribution in [1.82, 2.24) is 20.3 Å². The van der Waals surface area contributed by atoms with Crippen LogP contribution < -0.4 is 10.7 Å². The number of allylic oxidation sites excluding steroid dienone is 3. The third-order valence-corrected chi connectivity index (χ3v) is 13.2. The van der Waals surface area contributed by atoms with Crippen molar-refractivity contribution in [2.24, 2.45) is 16.9 Å². The van der Waals surface area contributed by atoms with E-state index in [2.05, 4.69) is 54.3 Å². The second-order valence-electron chi connectivity index (χ2n) is 14.7. The molecule has 0 amide bonds. The first-order chi connectivity index (χ1) is 23.8. The first-order valence-electron chi connectivity index (χ1n) is 17.9. The summed E-state index contributed by atoms with van der Waals surface area (Å²) in [4.78, 5) is 14.2. The van der Waals surface area contributed by atoms with E-state index >= 15 is 0 Å². The maximum atomic E-state index is 13.8. The SMILES string of the molecule is C=C1CC(c2c(CCc3ccc(F)cc3)nc3c(c2C2Cc4ccnc(NC5CCC6=C5C=CC(C)C6C)c4S2)C(=C)N2CCCC32)=NN1. The standard InChI is InChI=1S/C41H43FN6S/c1-22-7-13-30-29(24(22)3)14-16-31(30)45-41-40-27(17-18-43-41)21-35(49-40)38-36-25(4)48-19-5-6-34(48)39(36)44-32(37(38)33-20-23(2)46-47-33)15-10-26-8-11-28(42)12-9-26/h7-9,11-13,17-18,22,24,31,34-35,46H,2,4-6,10,14-16,19-21H2,1,3H3,(H,43,45). The van der Waals surface area contributed by atoms with Crippen LogP contribution in [0, 0.1) is 17.7 Å². The summed E-state index contributed by atoms with van der Waals surface area (Å²) in [5.74, 6) is 1.97. The molecule has 1 fully saturated rings. The van der Waals surface area contributed by atoms with Crippen LogP contribution in [0.4, 0.5) is 10.2 Å². The summed E-state index contributed by atoms with van der Waals surface area (Å²) in [6.45, 7) is 14.6. The molecule has 1 aromatic carbocycles. The van der Waals surface area contributed by atoms with Gasteiger partial charge in [0.2, 0.25) is 0 Å². The van der Waals surface area contributed by atoms with Crippen molar-refractivity contribution in [2.75, 3.05) is 11.9 Å². The first-order valence-corrected chi connectivity index (χ1v) is 18.8. The van der Waals surface area contributed by atoms with Gasteiger partial charge in [0, 0.05) is 46.9 Å². The number of anilines is 1. The van der Waals surface area contributed by atoms with Crippen LogP contribution in [0.2, 0.25) is 0 Å². The third-order valence-electron chi connectivity index (χ3n) is 11.8. The number of fused-ring (bicyclic) bond motifs is 4. The number of halogens is 1. The number of hydrogen-bond donors (Lipinski definition) is 2. The molecule has 6 aliphatic rings. The Morgan fingerprint density at radius 3 is 2.76 bits per heavy atom. The van der Waals surface area contributed by atoms with Crippen molar-refractivity contribution in [3.8, 4) is 0 Å². The van der Waals surface area contributed by atoms with Gasteiger partial charge in [0.05, 0.1) is 34.1 Å². The topological polar surface area (TPSA) is 65.4 Å². The molecule has 49 heavy (non-hydrogen) atoms. The van der Waals surface area contributed by atoms with E-state index in [1.807, 2.05) is 30.1 Å². The highest BCUT2D eigenvalue weighted by Gasteiger charge is 2.44. The molecule has 5 unspecified atom stereocenters. The Kier molecular flexibility index (Phi) is 7.56. The predicted molar refractivity (Wildman–Crippen MR) is 197 cm³/mol. The molecule has 2 aromatic heterocycles. The molecule has 0 saturated carbocycles. The Bertz CT molecular complexity index is 1990. The van der Waals surface area contributed by atoms with Gasteiger partial charge in [0.25, 0.3) is 0 Å². The monoisotopic (exact) mass is 670 g/mol. The zero-order chi connectivity index (χ0) is 33.4. The minimum Gasteiger partial charge on any atom is -0.363 e. The minimum absolute atomic E-state index is 0.165. The lowest BCUT2D eigenvalue weighted by atomic mass is 9.82. The third kappa shape index (κ3) is 5.17. The Morgan fingerprint density at radius 2 is 1.94 bits per heavy atom. The van der Waals surface area contributed by atoms with Gasteiger partial charge < -0.3 is 10.2 Å². The molecule has 4 aliphatic heterocycles. The number of aryl methyl sites for hydroxylation is 2. The van der Waals surface area contributed by atoms with Gasteiger partial charge >= 0.3 is 0 Å². The van der Waals surface area contributed by atoms with Crippen LogP contribution in [0.25, 0.3) is 5.70 Å². The lowest BCUT2D eigenvalue weighted by molar-refractivity contribution is 0.396. The fraction of sp³-hybridized carbons (Fsp3) is 0.390. The van der Waals surface area contributed by atoms with Crippen LogP contribution in [0.3, 0.4) is 0 Å². The molecule has 1 saturated heterocycles. The Morgan fingerprint density at radius 1 is 1.08 bits per heavy atom. The van der Waals surface area contributed by atoms with Crippen LogP contribution in [-0.2, 0) is 19.3 Å². The molecule has 0 radical (unpaired) electrons. The van der Waals surface area contributed by atoms with Gasteiger partial charge in [-0.15, -0.1) is 11.8 Å². The van der Waals surface area contributed by atoms with Gasteiger partial charge in [-0.05, 0) is 97.2 Å². The Hall–Kier alpha value is -4.17. The summed E-state index contributed by atoms with van der Waals surface area (Å²) in [5, 5.41) is 8.93. The van der Waals surface area contributed by atoms with E-state index in [1.54, 1.807) is 17.7 Å². The molecule has 9 rings (SSSR count). The number of nitrogens with zero attached hydrogens (tertiary/aromatic N) is 4. The summed E-state index contributed by atoms with van der Waals surface area (Å²) in [7, 11) is 0. The van der Waals surface area contributed by atoms with Crippen LogP contribution in [-0.4, -0.2) is 33.2 Å². The van der Waals surface area contributed by atoms with E-state index < -0.39 is 0 Å². The zero-order valence-corrected chi connectivity index (χ0v) is 29.2. The molecule has 6 heterocycles. The van der Waals surface area contributed by atoms with E-state index in [0.717, 1.165) is 91.2 Å². The van der Waals surface area contributed by atoms with E-state index in [0.29, 0.717) is 18.3 Å². The van der Waals surface area contributed by atoms with Gasteiger partial charge in [-0.3, -0.25) is 10.4 Å². The molecule has 0 bridgehead atoms. The highest BCUT2D eigenvalue weighted by Crippen LogP contribution is 2.56. The number of thioether (sulfide) groups is 1. The maximum absolute atomic E-state index is 13.8. The molecule has 5 atom stereocenters. The van der Waals surface area contributed by atoms with Gasteiger partial charge in [-0.1, -0.05) is 56.9 Å². The molecule has 3 aromatic rings. The summed E-state index contributed by atoms with van der Waals surface area (Å²) in [6.07, 6.45) is 14.3. The van der Waals surface area contributed by atoms with E-state index in [1.165, 1.54) is 32.9 Å². The number of benzene rings is 1. The van der Waals surface area contributed by atoms with Crippen molar-refractivity contribution in [1.29, 1.82) is 0 Å². The van der Waals surface area contributed by atoms with Crippen molar-refractivity contribution < 1.29 is 4.39 Å². The van der Waals surface area contributed by atoms with Crippen molar-refractivity contribution in [2.45, 2.75) is 87.4 Å². The Balaban J connectivity index is 1.12. The normalized spacial score (nSPS) is 26.6.